The van der Waals surface area contributed by atoms with Crippen LogP contribution in [0.1, 0.15) is 31.9 Å². The molecule has 9 heteroatoms. The van der Waals surface area contributed by atoms with Crippen LogP contribution < -0.4 is 15.1 Å². The number of aryl methyl sites for hydroxylation is 2. The maximum absolute atomic E-state index is 14.0. The summed E-state index contributed by atoms with van der Waals surface area (Å²) in [5.41, 5.74) is 1.51. The Kier molecular flexibility index (Phi) is 7.27. The van der Waals surface area contributed by atoms with E-state index >= 15 is 0 Å². The molecule has 2 aliphatic rings. The van der Waals surface area contributed by atoms with E-state index in [1.807, 2.05) is 36.7 Å². The third-order valence-electron chi connectivity index (χ3n) is 6.45. The van der Waals surface area contributed by atoms with Gasteiger partial charge in [0.1, 0.15) is 17.7 Å². The van der Waals surface area contributed by atoms with Gasteiger partial charge in [-0.15, -0.1) is 0 Å². The van der Waals surface area contributed by atoms with Crippen LogP contribution in [0.5, 0.6) is 0 Å². The fourth-order valence-electron chi connectivity index (χ4n) is 4.71. The van der Waals surface area contributed by atoms with Crippen LogP contribution in [-0.4, -0.2) is 71.8 Å². The standard InChI is InChI=1S/C24H33FN6O2/c1-3-20(31-22-17-18(2)27-30(22)12-9-23(31)32)24(33)26-10-6-11-28-13-15-29(16-14-28)21-8-5-4-7-19(21)25/h4-5,7-8,17,20H,3,6,9-16H2,1-2H3,(H,26,33). The number of fused-ring (bicyclic) bond motifs is 1. The Bertz CT molecular complexity index is 985. The molecule has 178 valence electrons. The molecular formula is C24H33FN6O2. The highest BCUT2D eigenvalue weighted by molar-refractivity contribution is 6.00. The van der Waals surface area contributed by atoms with E-state index in [0.717, 1.165) is 44.8 Å². The van der Waals surface area contributed by atoms with Crippen molar-refractivity contribution in [1.29, 1.82) is 0 Å². The Morgan fingerprint density at radius 3 is 2.67 bits per heavy atom. The minimum Gasteiger partial charge on any atom is -0.367 e. The summed E-state index contributed by atoms with van der Waals surface area (Å²) in [6.45, 7) is 9.11. The first kappa shape index (κ1) is 23.2. The zero-order valence-electron chi connectivity index (χ0n) is 19.5. The summed E-state index contributed by atoms with van der Waals surface area (Å²) in [5.74, 6) is 0.377. The highest BCUT2D eigenvalue weighted by Crippen LogP contribution is 2.26. The minimum atomic E-state index is -0.531. The average molecular weight is 457 g/mol. The van der Waals surface area contributed by atoms with Crippen LogP contribution in [0, 0.1) is 12.7 Å². The van der Waals surface area contributed by atoms with Crippen molar-refractivity contribution in [2.24, 2.45) is 0 Å². The number of para-hydroxylation sites is 1. The van der Waals surface area contributed by atoms with Crippen LogP contribution in [0.25, 0.3) is 0 Å². The molecule has 1 fully saturated rings. The molecule has 33 heavy (non-hydrogen) atoms. The van der Waals surface area contributed by atoms with Gasteiger partial charge < -0.3 is 10.2 Å². The minimum absolute atomic E-state index is 0.0304. The van der Waals surface area contributed by atoms with Crippen LogP contribution in [0.2, 0.25) is 0 Å². The first-order chi connectivity index (χ1) is 16.0. The van der Waals surface area contributed by atoms with E-state index in [1.165, 1.54) is 6.07 Å². The number of amides is 2. The van der Waals surface area contributed by atoms with Crippen molar-refractivity contribution in [2.75, 3.05) is 49.1 Å². The van der Waals surface area contributed by atoms with Gasteiger partial charge in [0.25, 0.3) is 0 Å². The highest BCUT2D eigenvalue weighted by Gasteiger charge is 2.34. The van der Waals surface area contributed by atoms with E-state index in [1.54, 1.807) is 11.0 Å². The lowest BCUT2D eigenvalue weighted by atomic mass is 10.1. The van der Waals surface area contributed by atoms with Gasteiger partial charge in [-0.05, 0) is 38.4 Å². The Balaban J connectivity index is 1.23. The van der Waals surface area contributed by atoms with Crippen molar-refractivity contribution in [2.45, 2.75) is 45.7 Å². The number of nitrogens with zero attached hydrogens (tertiary/aromatic N) is 5. The predicted molar refractivity (Wildman–Crippen MR) is 126 cm³/mol. The number of rotatable bonds is 8. The monoisotopic (exact) mass is 456 g/mol. The number of benzene rings is 1. The van der Waals surface area contributed by atoms with Crippen LogP contribution in [0.15, 0.2) is 30.3 Å². The maximum Gasteiger partial charge on any atom is 0.243 e. The number of halogens is 1. The third kappa shape index (κ3) is 5.19. The SMILES string of the molecule is CCC(C(=O)NCCCN1CCN(c2ccccc2F)CC1)N1C(=O)CCn2nc(C)cc21. The van der Waals surface area contributed by atoms with Crippen molar-refractivity contribution < 1.29 is 14.0 Å². The van der Waals surface area contributed by atoms with E-state index < -0.39 is 6.04 Å². The molecule has 0 saturated carbocycles. The Morgan fingerprint density at radius 2 is 1.94 bits per heavy atom. The second-order valence-electron chi connectivity index (χ2n) is 8.73. The molecule has 0 aliphatic carbocycles. The van der Waals surface area contributed by atoms with Gasteiger partial charge >= 0.3 is 0 Å². The first-order valence-electron chi connectivity index (χ1n) is 11.8. The number of piperazine rings is 1. The molecule has 0 radical (unpaired) electrons. The molecule has 1 atom stereocenters. The second-order valence-corrected chi connectivity index (χ2v) is 8.73. The van der Waals surface area contributed by atoms with Gasteiger partial charge in [-0.3, -0.25) is 19.4 Å². The van der Waals surface area contributed by atoms with E-state index in [2.05, 4.69) is 20.2 Å². The smallest absolute Gasteiger partial charge is 0.243 e. The number of anilines is 2. The first-order valence-corrected chi connectivity index (χ1v) is 11.8. The van der Waals surface area contributed by atoms with E-state index in [0.29, 0.717) is 37.4 Å². The van der Waals surface area contributed by atoms with E-state index in [4.69, 9.17) is 0 Å². The number of carbonyl (C=O) groups excluding carboxylic acids is 2. The molecule has 0 spiro atoms. The van der Waals surface area contributed by atoms with Crippen molar-refractivity contribution in [3.63, 3.8) is 0 Å². The molecule has 1 saturated heterocycles. The summed E-state index contributed by atoms with van der Waals surface area (Å²) >= 11 is 0. The summed E-state index contributed by atoms with van der Waals surface area (Å²) in [5, 5.41) is 7.45. The molecule has 2 aromatic rings. The molecule has 3 heterocycles. The largest absolute Gasteiger partial charge is 0.367 e. The van der Waals surface area contributed by atoms with Crippen molar-refractivity contribution in [1.82, 2.24) is 20.0 Å². The average Bonchev–Trinajstić information content (AvgIpc) is 3.20. The molecule has 2 amide bonds. The lowest BCUT2D eigenvalue weighted by Gasteiger charge is -2.36. The number of nitrogens with one attached hydrogen (secondary N) is 1. The lowest BCUT2D eigenvalue weighted by Crippen LogP contribution is -2.52. The van der Waals surface area contributed by atoms with Gasteiger partial charge in [-0.1, -0.05) is 19.1 Å². The summed E-state index contributed by atoms with van der Waals surface area (Å²) in [7, 11) is 0. The Morgan fingerprint density at radius 1 is 1.18 bits per heavy atom. The fourth-order valence-corrected chi connectivity index (χ4v) is 4.71. The Hall–Kier alpha value is -2.94. The summed E-state index contributed by atoms with van der Waals surface area (Å²) in [6, 6.07) is 8.24. The zero-order chi connectivity index (χ0) is 23.4. The highest BCUT2D eigenvalue weighted by atomic mass is 19.1. The van der Waals surface area contributed by atoms with Crippen LogP contribution in [-0.2, 0) is 16.1 Å². The number of hydrogen-bond acceptors (Lipinski definition) is 5. The third-order valence-corrected chi connectivity index (χ3v) is 6.45. The van der Waals surface area contributed by atoms with Gasteiger partial charge in [-0.2, -0.15) is 5.10 Å². The number of hydrogen-bond donors (Lipinski definition) is 1. The molecule has 2 aliphatic heterocycles. The molecule has 1 unspecified atom stereocenters. The van der Waals surface area contributed by atoms with Gasteiger partial charge in [0.15, 0.2) is 0 Å². The molecule has 0 bridgehead atoms. The second kappa shape index (κ2) is 10.3. The van der Waals surface area contributed by atoms with Crippen molar-refractivity contribution >= 4 is 23.3 Å². The number of aromatic nitrogens is 2. The van der Waals surface area contributed by atoms with Crippen LogP contribution >= 0.6 is 0 Å². The molecule has 1 N–H and O–H groups in total. The number of carbonyl (C=O) groups is 2. The van der Waals surface area contributed by atoms with Crippen molar-refractivity contribution in [3.05, 3.63) is 41.8 Å². The van der Waals surface area contributed by atoms with Crippen molar-refractivity contribution in [3.8, 4) is 0 Å². The summed E-state index contributed by atoms with van der Waals surface area (Å²) < 4.78 is 15.8. The quantitative estimate of drug-likeness (QED) is 0.617. The fraction of sp³-hybridized carbons (Fsp3) is 0.542. The summed E-state index contributed by atoms with van der Waals surface area (Å²) in [4.78, 5) is 31.6. The Labute approximate surface area is 194 Å². The summed E-state index contributed by atoms with van der Waals surface area (Å²) in [6.07, 6.45) is 1.73. The molecular weight excluding hydrogens is 423 g/mol. The van der Waals surface area contributed by atoms with Gasteiger partial charge in [-0.25, -0.2) is 9.07 Å². The molecule has 1 aromatic carbocycles. The normalized spacial score (nSPS) is 17.7. The van der Waals surface area contributed by atoms with Crippen LogP contribution in [0.4, 0.5) is 15.9 Å². The van der Waals surface area contributed by atoms with Gasteiger partial charge in [0.2, 0.25) is 11.8 Å². The molecule has 8 nitrogen and oxygen atoms in total. The maximum atomic E-state index is 14.0. The molecule has 1 aromatic heterocycles. The van der Waals surface area contributed by atoms with Gasteiger partial charge in [0.05, 0.1) is 17.9 Å². The molecule has 4 rings (SSSR count). The van der Waals surface area contributed by atoms with E-state index in [9.17, 15) is 14.0 Å². The van der Waals surface area contributed by atoms with Gasteiger partial charge in [0, 0.05) is 45.2 Å². The topological polar surface area (TPSA) is 73.7 Å². The van der Waals surface area contributed by atoms with Crippen LogP contribution in [0.3, 0.4) is 0 Å². The van der Waals surface area contributed by atoms with E-state index in [-0.39, 0.29) is 17.6 Å². The zero-order valence-corrected chi connectivity index (χ0v) is 19.5. The lowest BCUT2D eigenvalue weighted by molar-refractivity contribution is -0.127. The predicted octanol–water partition coefficient (Wildman–Crippen LogP) is 2.17.